The number of rotatable bonds is 3. The van der Waals surface area contributed by atoms with Gasteiger partial charge in [0, 0.05) is 38.9 Å². The van der Waals surface area contributed by atoms with Crippen LogP contribution in [0.3, 0.4) is 0 Å². The van der Waals surface area contributed by atoms with Crippen molar-refractivity contribution in [3.8, 4) is 5.75 Å². The van der Waals surface area contributed by atoms with Crippen molar-refractivity contribution in [1.29, 1.82) is 0 Å². The molecule has 1 heterocycles. The van der Waals surface area contributed by atoms with Gasteiger partial charge in [-0.25, -0.2) is 4.79 Å². The van der Waals surface area contributed by atoms with Gasteiger partial charge in [-0.3, -0.25) is 0 Å². The first-order valence-corrected chi connectivity index (χ1v) is 7.38. The van der Waals surface area contributed by atoms with Crippen LogP contribution in [0, 0.1) is 6.92 Å². The minimum atomic E-state index is 0.105. The molecule has 1 saturated heterocycles. The largest absolute Gasteiger partial charge is 0.496 e. The van der Waals surface area contributed by atoms with E-state index in [0.29, 0.717) is 6.04 Å². The summed E-state index contributed by atoms with van der Waals surface area (Å²) in [5, 5.41) is 3.55. The van der Waals surface area contributed by atoms with Crippen LogP contribution in [0.2, 0.25) is 0 Å². The molecule has 116 valence electrons. The Morgan fingerprint density at radius 3 is 2.52 bits per heavy atom. The van der Waals surface area contributed by atoms with Gasteiger partial charge in [0.2, 0.25) is 0 Å². The Bertz CT molecular complexity index is 494. The molecule has 1 aromatic carbocycles. The van der Waals surface area contributed by atoms with E-state index in [1.54, 1.807) is 26.1 Å². The number of nitrogens with one attached hydrogen (secondary N) is 1. The summed E-state index contributed by atoms with van der Waals surface area (Å²) in [5.41, 5.74) is 2.24. The fraction of sp³-hybridized carbons (Fsp3) is 0.562. The Morgan fingerprint density at radius 1 is 1.33 bits per heavy atom. The molecular formula is C16H25N3O2. The van der Waals surface area contributed by atoms with Crippen molar-refractivity contribution in [2.45, 2.75) is 25.8 Å². The van der Waals surface area contributed by atoms with Gasteiger partial charge in [-0.2, -0.15) is 0 Å². The van der Waals surface area contributed by atoms with Gasteiger partial charge in [-0.15, -0.1) is 0 Å². The summed E-state index contributed by atoms with van der Waals surface area (Å²) in [4.78, 5) is 15.4. The van der Waals surface area contributed by atoms with Crippen LogP contribution in [0.5, 0.6) is 5.75 Å². The number of urea groups is 1. The van der Waals surface area contributed by atoms with Gasteiger partial charge in [-0.05, 0) is 43.5 Å². The number of nitrogens with zero attached hydrogens (tertiary/aromatic N) is 2. The maximum atomic E-state index is 11.9. The number of methoxy groups -OCH3 is 1. The average molecular weight is 291 g/mol. The molecule has 1 aromatic rings. The molecule has 0 bridgehead atoms. The summed E-state index contributed by atoms with van der Waals surface area (Å²) < 4.78 is 5.28. The number of amides is 2. The van der Waals surface area contributed by atoms with Crippen LogP contribution in [0.15, 0.2) is 18.2 Å². The van der Waals surface area contributed by atoms with Crippen LogP contribution in [0.1, 0.15) is 18.4 Å². The molecule has 0 aromatic heterocycles. The third-order valence-corrected chi connectivity index (χ3v) is 3.91. The lowest BCUT2D eigenvalue weighted by Gasteiger charge is -2.34. The second kappa shape index (κ2) is 6.70. The first-order chi connectivity index (χ1) is 10.0. The van der Waals surface area contributed by atoms with Crippen molar-refractivity contribution < 1.29 is 9.53 Å². The molecule has 0 aliphatic carbocycles. The van der Waals surface area contributed by atoms with Gasteiger partial charge in [-0.1, -0.05) is 0 Å². The first-order valence-electron chi connectivity index (χ1n) is 7.38. The lowest BCUT2D eigenvalue weighted by atomic mass is 10.0. The molecule has 2 amide bonds. The summed E-state index contributed by atoms with van der Waals surface area (Å²) in [7, 11) is 5.28. The minimum Gasteiger partial charge on any atom is -0.496 e. The van der Waals surface area contributed by atoms with Gasteiger partial charge in [0.15, 0.2) is 0 Å². The van der Waals surface area contributed by atoms with E-state index in [4.69, 9.17) is 4.74 Å². The van der Waals surface area contributed by atoms with Crippen LogP contribution in [-0.4, -0.2) is 56.2 Å². The SMILES string of the molecule is COc1ccc(NC2CCN(C(=O)N(C)C)CC2)cc1C. The van der Waals surface area contributed by atoms with E-state index < -0.39 is 0 Å². The van der Waals surface area contributed by atoms with Crippen molar-refractivity contribution in [1.82, 2.24) is 9.80 Å². The Kier molecular flexibility index (Phi) is 4.94. The van der Waals surface area contributed by atoms with E-state index in [0.717, 1.165) is 42.9 Å². The number of carbonyl (C=O) groups is 1. The molecule has 1 aliphatic heterocycles. The summed E-state index contributed by atoms with van der Waals surface area (Å²) in [6.07, 6.45) is 1.95. The number of anilines is 1. The highest BCUT2D eigenvalue weighted by Gasteiger charge is 2.23. The maximum Gasteiger partial charge on any atom is 0.319 e. The summed E-state index contributed by atoms with van der Waals surface area (Å²) in [5.74, 6) is 0.909. The molecule has 0 spiro atoms. The van der Waals surface area contributed by atoms with Gasteiger partial charge in [0.1, 0.15) is 5.75 Å². The Morgan fingerprint density at radius 2 is 2.00 bits per heavy atom. The van der Waals surface area contributed by atoms with E-state index in [-0.39, 0.29) is 6.03 Å². The summed E-state index contributed by atoms with van der Waals surface area (Å²) in [6.45, 7) is 3.66. The highest BCUT2D eigenvalue weighted by Crippen LogP contribution is 2.23. The van der Waals surface area contributed by atoms with Gasteiger partial charge in [0.25, 0.3) is 0 Å². The van der Waals surface area contributed by atoms with E-state index in [1.165, 1.54) is 0 Å². The molecular weight excluding hydrogens is 266 g/mol. The molecule has 1 aliphatic rings. The van der Waals surface area contributed by atoms with E-state index in [9.17, 15) is 4.79 Å². The Hall–Kier alpha value is -1.91. The zero-order chi connectivity index (χ0) is 15.4. The van der Waals surface area contributed by atoms with Crippen LogP contribution in [0.4, 0.5) is 10.5 Å². The minimum absolute atomic E-state index is 0.105. The number of hydrogen-bond acceptors (Lipinski definition) is 3. The van der Waals surface area contributed by atoms with E-state index >= 15 is 0 Å². The molecule has 0 atom stereocenters. The molecule has 1 N–H and O–H groups in total. The number of ether oxygens (including phenoxy) is 1. The van der Waals surface area contributed by atoms with Gasteiger partial charge >= 0.3 is 6.03 Å². The highest BCUT2D eigenvalue weighted by atomic mass is 16.5. The second-order valence-electron chi connectivity index (χ2n) is 5.77. The average Bonchev–Trinajstić information content (AvgIpc) is 2.47. The van der Waals surface area contributed by atoms with Crippen LogP contribution < -0.4 is 10.1 Å². The Labute approximate surface area is 126 Å². The van der Waals surface area contributed by atoms with Gasteiger partial charge < -0.3 is 19.9 Å². The van der Waals surface area contributed by atoms with Crippen LogP contribution in [-0.2, 0) is 0 Å². The second-order valence-corrected chi connectivity index (χ2v) is 5.77. The highest BCUT2D eigenvalue weighted by molar-refractivity contribution is 5.73. The molecule has 0 radical (unpaired) electrons. The van der Waals surface area contributed by atoms with Crippen molar-refractivity contribution >= 4 is 11.7 Å². The predicted molar refractivity (Wildman–Crippen MR) is 85.0 cm³/mol. The number of likely N-dealkylation sites (tertiary alicyclic amines) is 1. The normalized spacial score (nSPS) is 15.7. The van der Waals surface area contributed by atoms with E-state index in [2.05, 4.69) is 11.4 Å². The summed E-state index contributed by atoms with van der Waals surface area (Å²) >= 11 is 0. The van der Waals surface area contributed by atoms with Crippen molar-refractivity contribution in [2.24, 2.45) is 0 Å². The third kappa shape index (κ3) is 3.80. The van der Waals surface area contributed by atoms with Crippen LogP contribution in [0.25, 0.3) is 0 Å². The monoisotopic (exact) mass is 291 g/mol. The van der Waals surface area contributed by atoms with Crippen molar-refractivity contribution in [2.75, 3.05) is 39.6 Å². The maximum absolute atomic E-state index is 11.9. The molecule has 21 heavy (non-hydrogen) atoms. The number of piperidine rings is 1. The third-order valence-electron chi connectivity index (χ3n) is 3.91. The number of benzene rings is 1. The lowest BCUT2D eigenvalue weighted by Crippen LogP contribution is -2.46. The summed E-state index contributed by atoms with van der Waals surface area (Å²) in [6, 6.07) is 6.67. The number of aryl methyl sites for hydroxylation is 1. The number of carbonyl (C=O) groups excluding carboxylic acids is 1. The smallest absolute Gasteiger partial charge is 0.319 e. The molecule has 0 unspecified atom stereocenters. The molecule has 1 fully saturated rings. The standard InChI is InChI=1S/C16H25N3O2/c1-12-11-14(5-6-15(12)21-4)17-13-7-9-19(10-8-13)16(20)18(2)3/h5-6,11,13,17H,7-10H2,1-4H3. The topological polar surface area (TPSA) is 44.8 Å². The molecule has 2 rings (SSSR count). The quantitative estimate of drug-likeness (QED) is 0.931. The zero-order valence-electron chi connectivity index (χ0n) is 13.3. The fourth-order valence-electron chi connectivity index (χ4n) is 2.70. The van der Waals surface area contributed by atoms with Crippen molar-refractivity contribution in [3.63, 3.8) is 0 Å². The molecule has 5 heteroatoms. The predicted octanol–water partition coefficient (Wildman–Crippen LogP) is 2.56. The first kappa shape index (κ1) is 15.5. The molecule has 5 nitrogen and oxygen atoms in total. The van der Waals surface area contributed by atoms with Crippen molar-refractivity contribution in [3.05, 3.63) is 23.8 Å². The number of hydrogen-bond donors (Lipinski definition) is 1. The van der Waals surface area contributed by atoms with Gasteiger partial charge in [0.05, 0.1) is 7.11 Å². The lowest BCUT2D eigenvalue weighted by molar-refractivity contribution is 0.158. The van der Waals surface area contributed by atoms with E-state index in [1.807, 2.05) is 24.0 Å². The molecule has 0 saturated carbocycles. The Balaban J connectivity index is 1.89. The fourth-order valence-corrected chi connectivity index (χ4v) is 2.70. The van der Waals surface area contributed by atoms with Crippen LogP contribution >= 0.6 is 0 Å². The zero-order valence-corrected chi connectivity index (χ0v) is 13.3.